The molecule has 0 heterocycles. The summed E-state index contributed by atoms with van der Waals surface area (Å²) in [6.07, 6.45) is -0.139. The second-order valence-corrected chi connectivity index (χ2v) is 5.61. The van der Waals surface area contributed by atoms with Gasteiger partial charge in [0.1, 0.15) is 12.7 Å². The van der Waals surface area contributed by atoms with Crippen molar-refractivity contribution in [3.63, 3.8) is 0 Å². The molecule has 0 aliphatic heterocycles. The first-order valence-corrected chi connectivity index (χ1v) is 6.39. The number of ketones is 1. The Morgan fingerprint density at radius 2 is 2.24 bits per heavy atom. The zero-order valence-corrected chi connectivity index (χ0v) is 12.4. The number of carbonyl (C=O) groups is 1. The molecule has 0 aromatic carbocycles. The van der Waals surface area contributed by atoms with Gasteiger partial charge in [-0.25, -0.2) is 0 Å². The lowest BCUT2D eigenvalue weighted by Crippen LogP contribution is -2.33. The van der Waals surface area contributed by atoms with E-state index < -0.39 is 11.9 Å². The summed E-state index contributed by atoms with van der Waals surface area (Å²) in [7, 11) is 0. The molecule has 1 aliphatic carbocycles. The van der Waals surface area contributed by atoms with Crippen LogP contribution >= 0.6 is 22.6 Å². The molecule has 1 N–H and O–H groups in total. The van der Waals surface area contributed by atoms with E-state index >= 15 is 0 Å². The number of aliphatic hydroxyl groups is 1. The molecule has 0 saturated carbocycles. The summed E-state index contributed by atoms with van der Waals surface area (Å²) in [5, 5.41) is 9.55. The average molecular weight is 352 g/mol. The standard InChI is InChI=1S/C12H17IO4/c1-7(2)16-6-8-5-9(11(14)10(8)13)17-12(3,4)15/h9,15H,1,5-6H2,2-4H3. The monoisotopic (exact) mass is 352 g/mol. The van der Waals surface area contributed by atoms with Crippen LogP contribution in [-0.2, 0) is 14.3 Å². The SMILES string of the molecule is C=C(C)OCC1=C(I)C(=O)C(OC(C)(C)O)C1. The van der Waals surface area contributed by atoms with Crippen LogP contribution in [0, 0.1) is 0 Å². The maximum absolute atomic E-state index is 11.9. The predicted octanol–water partition coefficient (Wildman–Crippen LogP) is 2.31. The number of hydrogen-bond acceptors (Lipinski definition) is 4. The van der Waals surface area contributed by atoms with Crippen molar-refractivity contribution in [3.05, 3.63) is 21.5 Å². The third kappa shape index (κ3) is 4.40. The lowest BCUT2D eigenvalue weighted by Gasteiger charge is -2.22. The molecular formula is C12H17IO4. The third-order valence-electron chi connectivity index (χ3n) is 2.17. The fraction of sp³-hybridized carbons (Fsp3) is 0.583. The van der Waals surface area contributed by atoms with Gasteiger partial charge >= 0.3 is 0 Å². The van der Waals surface area contributed by atoms with Gasteiger partial charge in [-0.3, -0.25) is 4.79 Å². The molecular weight excluding hydrogens is 335 g/mol. The Hall–Kier alpha value is -0.400. The molecule has 1 rings (SSSR count). The molecule has 96 valence electrons. The highest BCUT2D eigenvalue weighted by atomic mass is 127. The van der Waals surface area contributed by atoms with Crippen LogP contribution in [0.15, 0.2) is 21.5 Å². The van der Waals surface area contributed by atoms with Crippen molar-refractivity contribution >= 4 is 28.4 Å². The molecule has 0 amide bonds. The van der Waals surface area contributed by atoms with Gasteiger partial charge in [0.15, 0.2) is 11.6 Å². The quantitative estimate of drug-likeness (QED) is 0.469. The second-order valence-electron chi connectivity index (χ2n) is 4.53. The van der Waals surface area contributed by atoms with Gasteiger partial charge in [-0.2, -0.15) is 0 Å². The molecule has 0 aromatic heterocycles. The van der Waals surface area contributed by atoms with Gasteiger partial charge in [-0.05, 0) is 48.9 Å². The predicted molar refractivity (Wildman–Crippen MR) is 72.6 cm³/mol. The number of allylic oxidation sites excluding steroid dienone is 1. The Labute approximate surface area is 115 Å². The van der Waals surface area contributed by atoms with Crippen molar-refractivity contribution in [3.8, 4) is 0 Å². The molecule has 0 aromatic rings. The summed E-state index contributed by atoms with van der Waals surface area (Å²) in [5.74, 6) is -0.781. The van der Waals surface area contributed by atoms with Crippen molar-refractivity contribution < 1.29 is 19.4 Å². The largest absolute Gasteiger partial charge is 0.494 e. The van der Waals surface area contributed by atoms with Crippen LogP contribution in [0.3, 0.4) is 0 Å². The molecule has 1 aliphatic rings. The number of rotatable bonds is 5. The van der Waals surface area contributed by atoms with Crippen molar-refractivity contribution in [2.24, 2.45) is 0 Å². The number of hydrogen-bond donors (Lipinski definition) is 1. The van der Waals surface area contributed by atoms with E-state index in [1.807, 2.05) is 22.6 Å². The lowest BCUT2D eigenvalue weighted by molar-refractivity contribution is -0.202. The highest BCUT2D eigenvalue weighted by Crippen LogP contribution is 2.32. The Balaban J connectivity index is 2.64. The molecule has 4 nitrogen and oxygen atoms in total. The highest BCUT2D eigenvalue weighted by molar-refractivity contribution is 14.1. The molecule has 0 fully saturated rings. The van der Waals surface area contributed by atoms with Gasteiger partial charge in [-0.1, -0.05) is 6.58 Å². The normalized spacial score (nSPS) is 21.0. The molecule has 1 atom stereocenters. The van der Waals surface area contributed by atoms with Crippen LogP contribution < -0.4 is 0 Å². The van der Waals surface area contributed by atoms with Crippen LogP contribution in [0.2, 0.25) is 0 Å². The Morgan fingerprint density at radius 3 is 2.71 bits per heavy atom. The minimum Gasteiger partial charge on any atom is -0.494 e. The van der Waals surface area contributed by atoms with Crippen LogP contribution in [0.25, 0.3) is 0 Å². The molecule has 0 radical (unpaired) electrons. The van der Waals surface area contributed by atoms with Crippen molar-refractivity contribution in [1.29, 1.82) is 0 Å². The molecule has 0 saturated heterocycles. The maximum Gasteiger partial charge on any atom is 0.198 e. The van der Waals surface area contributed by atoms with E-state index in [-0.39, 0.29) is 5.78 Å². The van der Waals surface area contributed by atoms with E-state index in [1.165, 1.54) is 13.8 Å². The summed E-state index contributed by atoms with van der Waals surface area (Å²) in [5.41, 5.74) is 0.896. The highest BCUT2D eigenvalue weighted by Gasteiger charge is 2.35. The van der Waals surface area contributed by atoms with Gasteiger partial charge < -0.3 is 14.6 Å². The maximum atomic E-state index is 11.9. The Kier molecular flexibility index (Phi) is 4.74. The zero-order chi connectivity index (χ0) is 13.2. The van der Waals surface area contributed by atoms with Crippen LogP contribution in [0.4, 0.5) is 0 Å². The number of halogens is 1. The first-order chi connectivity index (χ1) is 7.70. The number of ether oxygens (including phenoxy) is 2. The summed E-state index contributed by atoms with van der Waals surface area (Å²) in [6, 6.07) is 0. The van der Waals surface area contributed by atoms with Gasteiger partial charge in [-0.15, -0.1) is 0 Å². The number of carbonyl (C=O) groups excluding carboxylic acids is 1. The van der Waals surface area contributed by atoms with E-state index in [4.69, 9.17) is 9.47 Å². The molecule has 1 unspecified atom stereocenters. The summed E-state index contributed by atoms with van der Waals surface area (Å²) in [4.78, 5) is 11.9. The summed E-state index contributed by atoms with van der Waals surface area (Å²) < 4.78 is 11.2. The van der Waals surface area contributed by atoms with Crippen molar-refractivity contribution in [1.82, 2.24) is 0 Å². The van der Waals surface area contributed by atoms with E-state index in [9.17, 15) is 9.90 Å². The smallest absolute Gasteiger partial charge is 0.198 e. The molecule has 0 bridgehead atoms. The van der Waals surface area contributed by atoms with E-state index in [0.29, 0.717) is 22.4 Å². The molecule has 0 spiro atoms. The Morgan fingerprint density at radius 1 is 1.65 bits per heavy atom. The third-order valence-corrected chi connectivity index (χ3v) is 3.47. The minimum absolute atomic E-state index is 0.0898. The average Bonchev–Trinajstić information content (AvgIpc) is 2.41. The topological polar surface area (TPSA) is 55.8 Å². The van der Waals surface area contributed by atoms with Crippen LogP contribution in [-0.4, -0.2) is 29.4 Å². The van der Waals surface area contributed by atoms with E-state index in [2.05, 4.69) is 6.58 Å². The van der Waals surface area contributed by atoms with E-state index in [0.717, 1.165) is 5.57 Å². The van der Waals surface area contributed by atoms with Gasteiger partial charge in [0.05, 0.1) is 9.34 Å². The van der Waals surface area contributed by atoms with Crippen molar-refractivity contribution in [2.75, 3.05) is 6.61 Å². The van der Waals surface area contributed by atoms with E-state index in [1.54, 1.807) is 6.92 Å². The van der Waals surface area contributed by atoms with Crippen LogP contribution in [0.1, 0.15) is 27.2 Å². The zero-order valence-electron chi connectivity index (χ0n) is 10.2. The molecule has 5 heteroatoms. The minimum atomic E-state index is -1.30. The number of Topliss-reactive ketones (excluding diaryl/α,β-unsaturated/α-hetero) is 1. The molecule has 17 heavy (non-hydrogen) atoms. The summed E-state index contributed by atoms with van der Waals surface area (Å²) in [6.45, 7) is 8.77. The van der Waals surface area contributed by atoms with Crippen molar-refractivity contribution in [2.45, 2.75) is 39.1 Å². The fourth-order valence-electron chi connectivity index (χ4n) is 1.50. The van der Waals surface area contributed by atoms with Gasteiger partial charge in [0, 0.05) is 6.42 Å². The summed E-state index contributed by atoms with van der Waals surface area (Å²) >= 11 is 1.99. The first-order valence-electron chi connectivity index (χ1n) is 5.31. The van der Waals surface area contributed by atoms with Crippen LogP contribution in [0.5, 0.6) is 0 Å². The second kappa shape index (κ2) is 5.49. The first kappa shape index (κ1) is 14.7. The lowest BCUT2D eigenvalue weighted by atomic mass is 10.2. The van der Waals surface area contributed by atoms with Gasteiger partial charge in [0.25, 0.3) is 0 Å². The van der Waals surface area contributed by atoms with Gasteiger partial charge in [0.2, 0.25) is 0 Å². The Bertz CT molecular complexity index is 365. The fourth-order valence-corrected chi connectivity index (χ4v) is 2.22.